The van der Waals surface area contributed by atoms with Crippen molar-refractivity contribution in [3.8, 4) is 0 Å². The van der Waals surface area contributed by atoms with E-state index in [0.29, 0.717) is 6.61 Å². The molecular weight excluding hydrogens is 328 g/mol. The van der Waals surface area contributed by atoms with Gasteiger partial charge in [-0.2, -0.15) is 5.10 Å². The van der Waals surface area contributed by atoms with Gasteiger partial charge in [0.2, 0.25) is 0 Å². The van der Waals surface area contributed by atoms with E-state index in [-0.39, 0.29) is 0 Å². The van der Waals surface area contributed by atoms with Crippen molar-refractivity contribution in [3.05, 3.63) is 15.3 Å². The third-order valence-corrected chi connectivity index (χ3v) is 2.81. The average Bonchev–Trinajstić information content (AvgIpc) is 2.51. The van der Waals surface area contributed by atoms with E-state index < -0.39 is 0 Å². The van der Waals surface area contributed by atoms with Crippen molar-refractivity contribution < 1.29 is 9.47 Å². The number of ether oxygens (including phenoxy) is 2. The summed E-state index contributed by atoms with van der Waals surface area (Å²) in [7, 11) is 1.69. The SMILES string of the molecule is COCCCOCCn1nc(Br)cc1Br. The molecule has 4 nitrogen and oxygen atoms in total. The van der Waals surface area contributed by atoms with Crippen LogP contribution in [0.1, 0.15) is 6.42 Å². The van der Waals surface area contributed by atoms with E-state index in [4.69, 9.17) is 9.47 Å². The summed E-state index contributed by atoms with van der Waals surface area (Å²) in [6.07, 6.45) is 0.931. The molecule has 86 valence electrons. The lowest BCUT2D eigenvalue weighted by atomic mass is 10.5. The molecule has 0 aliphatic carbocycles. The van der Waals surface area contributed by atoms with E-state index in [1.807, 2.05) is 10.7 Å². The second kappa shape index (κ2) is 7.38. The molecule has 0 saturated heterocycles. The van der Waals surface area contributed by atoms with Crippen molar-refractivity contribution in [2.75, 3.05) is 26.9 Å². The Hall–Kier alpha value is 0.0900. The fourth-order valence-electron chi connectivity index (χ4n) is 1.08. The summed E-state index contributed by atoms with van der Waals surface area (Å²) >= 11 is 6.71. The zero-order chi connectivity index (χ0) is 11.1. The van der Waals surface area contributed by atoms with E-state index in [2.05, 4.69) is 37.0 Å². The number of nitrogens with zero attached hydrogens (tertiary/aromatic N) is 2. The smallest absolute Gasteiger partial charge is 0.129 e. The number of methoxy groups -OCH3 is 1. The van der Waals surface area contributed by atoms with Gasteiger partial charge in [0.05, 0.1) is 13.2 Å². The summed E-state index contributed by atoms with van der Waals surface area (Å²) in [5.74, 6) is 0. The molecular formula is C9H14Br2N2O2. The van der Waals surface area contributed by atoms with Crippen molar-refractivity contribution in [2.45, 2.75) is 13.0 Å². The van der Waals surface area contributed by atoms with Crippen LogP contribution in [0.2, 0.25) is 0 Å². The van der Waals surface area contributed by atoms with Crippen molar-refractivity contribution in [2.24, 2.45) is 0 Å². The lowest BCUT2D eigenvalue weighted by Crippen LogP contribution is -2.09. The fourth-order valence-corrected chi connectivity index (χ4v) is 2.27. The van der Waals surface area contributed by atoms with Crippen LogP contribution in [0.3, 0.4) is 0 Å². The van der Waals surface area contributed by atoms with Gasteiger partial charge in [0, 0.05) is 26.4 Å². The van der Waals surface area contributed by atoms with Crippen LogP contribution in [-0.2, 0) is 16.0 Å². The van der Waals surface area contributed by atoms with Crippen LogP contribution in [-0.4, -0.2) is 36.7 Å². The van der Waals surface area contributed by atoms with Crippen LogP contribution in [0.4, 0.5) is 0 Å². The first kappa shape index (κ1) is 13.2. The summed E-state index contributed by atoms with van der Waals surface area (Å²) in [6.45, 7) is 2.89. The highest BCUT2D eigenvalue weighted by molar-refractivity contribution is 9.11. The van der Waals surface area contributed by atoms with Gasteiger partial charge >= 0.3 is 0 Å². The van der Waals surface area contributed by atoms with Crippen molar-refractivity contribution >= 4 is 31.9 Å². The van der Waals surface area contributed by atoms with Gasteiger partial charge in [0.1, 0.15) is 9.21 Å². The molecule has 0 saturated carbocycles. The zero-order valence-electron chi connectivity index (χ0n) is 8.58. The van der Waals surface area contributed by atoms with Crippen LogP contribution in [0.25, 0.3) is 0 Å². The van der Waals surface area contributed by atoms with Crippen LogP contribution in [0.15, 0.2) is 15.3 Å². The van der Waals surface area contributed by atoms with Gasteiger partial charge in [0.25, 0.3) is 0 Å². The lowest BCUT2D eigenvalue weighted by molar-refractivity contribution is 0.0957. The molecule has 0 atom stereocenters. The van der Waals surface area contributed by atoms with Crippen LogP contribution >= 0.6 is 31.9 Å². The second-order valence-electron chi connectivity index (χ2n) is 2.97. The van der Waals surface area contributed by atoms with Gasteiger partial charge in [-0.05, 0) is 38.3 Å². The number of hydrogen-bond donors (Lipinski definition) is 0. The molecule has 0 bridgehead atoms. The Morgan fingerprint density at radius 3 is 2.73 bits per heavy atom. The molecule has 0 unspecified atom stereocenters. The summed E-state index contributed by atoms with van der Waals surface area (Å²) in [5, 5.41) is 4.23. The maximum Gasteiger partial charge on any atom is 0.129 e. The largest absolute Gasteiger partial charge is 0.385 e. The maximum absolute atomic E-state index is 5.43. The molecule has 0 N–H and O–H groups in total. The molecule has 0 amide bonds. The fraction of sp³-hybridized carbons (Fsp3) is 0.667. The van der Waals surface area contributed by atoms with E-state index in [1.54, 1.807) is 7.11 Å². The summed E-state index contributed by atoms with van der Waals surface area (Å²) < 4.78 is 14.0. The van der Waals surface area contributed by atoms with Gasteiger partial charge < -0.3 is 9.47 Å². The predicted molar refractivity (Wildman–Crippen MR) is 64.9 cm³/mol. The number of halogens is 2. The Morgan fingerprint density at radius 1 is 1.33 bits per heavy atom. The number of rotatable bonds is 7. The molecule has 0 radical (unpaired) electrons. The minimum atomic E-state index is 0.663. The minimum Gasteiger partial charge on any atom is -0.385 e. The predicted octanol–water partition coefficient (Wildman–Crippen LogP) is 2.46. The minimum absolute atomic E-state index is 0.663. The van der Waals surface area contributed by atoms with Crippen LogP contribution in [0, 0.1) is 0 Å². The number of hydrogen-bond acceptors (Lipinski definition) is 3. The van der Waals surface area contributed by atoms with Gasteiger partial charge in [-0.3, -0.25) is 4.68 Å². The van der Waals surface area contributed by atoms with Gasteiger partial charge in [0.15, 0.2) is 0 Å². The Labute approximate surface area is 106 Å². The summed E-state index contributed by atoms with van der Waals surface area (Å²) in [5.41, 5.74) is 0. The van der Waals surface area contributed by atoms with Crippen molar-refractivity contribution in [1.82, 2.24) is 9.78 Å². The quantitative estimate of drug-likeness (QED) is 0.715. The monoisotopic (exact) mass is 340 g/mol. The van der Waals surface area contributed by atoms with Gasteiger partial charge in [-0.25, -0.2) is 0 Å². The maximum atomic E-state index is 5.43. The normalized spacial score (nSPS) is 10.9. The zero-order valence-corrected chi connectivity index (χ0v) is 11.8. The highest BCUT2D eigenvalue weighted by Crippen LogP contribution is 2.15. The molecule has 0 spiro atoms. The highest BCUT2D eigenvalue weighted by atomic mass is 79.9. The molecule has 0 fully saturated rings. The second-order valence-corrected chi connectivity index (χ2v) is 4.60. The molecule has 1 rings (SSSR count). The van der Waals surface area contributed by atoms with Crippen LogP contribution in [0.5, 0.6) is 0 Å². The standard InChI is InChI=1S/C9H14Br2N2O2/c1-14-4-2-5-15-6-3-13-9(11)7-8(10)12-13/h7H,2-6H2,1H3. The van der Waals surface area contributed by atoms with E-state index >= 15 is 0 Å². The Kier molecular flexibility index (Phi) is 6.47. The Bertz CT molecular complexity index is 292. The summed E-state index contributed by atoms with van der Waals surface area (Å²) in [6, 6.07) is 1.91. The first-order chi connectivity index (χ1) is 7.24. The van der Waals surface area contributed by atoms with E-state index in [9.17, 15) is 0 Å². The highest BCUT2D eigenvalue weighted by Gasteiger charge is 2.02. The van der Waals surface area contributed by atoms with Crippen molar-refractivity contribution in [1.29, 1.82) is 0 Å². The van der Waals surface area contributed by atoms with Gasteiger partial charge in [-0.15, -0.1) is 0 Å². The first-order valence-corrected chi connectivity index (χ1v) is 6.28. The summed E-state index contributed by atoms with van der Waals surface area (Å²) in [4.78, 5) is 0. The molecule has 0 aliphatic rings. The third-order valence-electron chi connectivity index (χ3n) is 1.79. The molecule has 0 aliphatic heterocycles. The molecule has 1 heterocycles. The van der Waals surface area contributed by atoms with Crippen molar-refractivity contribution in [3.63, 3.8) is 0 Å². The van der Waals surface area contributed by atoms with E-state index in [0.717, 1.165) is 35.4 Å². The first-order valence-electron chi connectivity index (χ1n) is 4.69. The molecule has 6 heteroatoms. The lowest BCUT2D eigenvalue weighted by Gasteiger charge is -2.04. The average molecular weight is 342 g/mol. The molecule has 0 aromatic carbocycles. The van der Waals surface area contributed by atoms with Crippen LogP contribution < -0.4 is 0 Å². The Morgan fingerprint density at radius 2 is 2.13 bits per heavy atom. The van der Waals surface area contributed by atoms with E-state index in [1.165, 1.54) is 0 Å². The Balaban J connectivity index is 2.12. The molecule has 15 heavy (non-hydrogen) atoms. The number of aromatic nitrogens is 2. The van der Waals surface area contributed by atoms with Gasteiger partial charge in [-0.1, -0.05) is 0 Å². The molecule has 1 aromatic heterocycles. The third kappa shape index (κ3) is 5.10. The topological polar surface area (TPSA) is 36.3 Å². The molecule has 1 aromatic rings.